The van der Waals surface area contributed by atoms with Gasteiger partial charge in [0, 0.05) is 18.5 Å². The second-order valence-corrected chi connectivity index (χ2v) is 8.40. The van der Waals surface area contributed by atoms with Gasteiger partial charge in [0.25, 0.3) is 5.56 Å². The molecule has 0 radical (unpaired) electrons. The summed E-state index contributed by atoms with van der Waals surface area (Å²) in [6.45, 7) is 1.79. The number of carbonyl (C=O) groups excluding carboxylic acids is 1. The molecule has 0 bridgehead atoms. The number of carbonyl (C=O) groups is 1. The van der Waals surface area contributed by atoms with Gasteiger partial charge >= 0.3 is 0 Å². The highest BCUT2D eigenvalue weighted by molar-refractivity contribution is 7.71. The van der Waals surface area contributed by atoms with Gasteiger partial charge in [-0.2, -0.15) is 0 Å². The van der Waals surface area contributed by atoms with Crippen molar-refractivity contribution >= 4 is 29.7 Å². The van der Waals surface area contributed by atoms with Crippen molar-refractivity contribution in [3.8, 4) is 23.1 Å². The maximum Gasteiger partial charge on any atom is 0.261 e. The first-order valence-electron chi connectivity index (χ1n) is 10.1. The molecule has 172 valence electrons. The molecular formula is C23H22ClN3O5S. The number of ether oxygens (including phenoxy) is 2. The molecule has 8 nitrogen and oxygen atoms in total. The van der Waals surface area contributed by atoms with E-state index in [9.17, 15) is 14.7 Å². The molecule has 10 heteroatoms. The van der Waals surface area contributed by atoms with E-state index < -0.39 is 11.6 Å². The Balaban J connectivity index is 2.02. The second-order valence-electron chi connectivity index (χ2n) is 7.58. The summed E-state index contributed by atoms with van der Waals surface area (Å²) in [4.78, 5) is 29.9. The third kappa shape index (κ3) is 3.98. The van der Waals surface area contributed by atoms with E-state index >= 15 is 0 Å². The number of aromatic amines is 1. The zero-order chi connectivity index (χ0) is 23.9. The Bertz CT molecular complexity index is 1350. The molecule has 0 spiro atoms. The van der Waals surface area contributed by atoms with Gasteiger partial charge in [-0.15, -0.1) is 0 Å². The highest BCUT2D eigenvalue weighted by Gasteiger charge is 2.36. The summed E-state index contributed by atoms with van der Waals surface area (Å²) in [6.07, 6.45) is 0.556. The highest BCUT2D eigenvalue weighted by atomic mass is 35.5. The SMILES string of the molecule is COc1cc2c(cc1OC)[C@@H](c1c(O)n(-c3ccc(Cl)cc3)c(=S)[nH]c1=O)N(C(C)=O)CC2. The van der Waals surface area contributed by atoms with E-state index in [4.69, 9.17) is 33.3 Å². The van der Waals surface area contributed by atoms with Crippen LogP contribution in [0, 0.1) is 4.77 Å². The number of hydrogen-bond acceptors (Lipinski definition) is 6. The van der Waals surface area contributed by atoms with Crippen molar-refractivity contribution in [3.05, 3.63) is 73.2 Å². The van der Waals surface area contributed by atoms with Crippen molar-refractivity contribution in [1.29, 1.82) is 0 Å². The number of rotatable bonds is 4. The van der Waals surface area contributed by atoms with Crippen molar-refractivity contribution in [3.63, 3.8) is 0 Å². The van der Waals surface area contributed by atoms with Crippen LogP contribution in [0.2, 0.25) is 5.02 Å². The number of aromatic hydroxyl groups is 1. The minimum atomic E-state index is -0.857. The van der Waals surface area contributed by atoms with Gasteiger partial charge in [0.05, 0.1) is 25.9 Å². The molecule has 0 fully saturated rings. The first-order chi connectivity index (χ1) is 15.8. The normalized spacial score (nSPS) is 15.2. The fourth-order valence-electron chi connectivity index (χ4n) is 4.21. The van der Waals surface area contributed by atoms with Crippen LogP contribution in [-0.2, 0) is 11.2 Å². The van der Waals surface area contributed by atoms with Crippen LogP contribution in [-0.4, -0.2) is 46.2 Å². The average molecular weight is 488 g/mol. The minimum Gasteiger partial charge on any atom is -0.494 e. The molecule has 2 aromatic carbocycles. The highest BCUT2D eigenvalue weighted by Crippen LogP contribution is 2.42. The zero-order valence-corrected chi connectivity index (χ0v) is 19.8. The lowest BCUT2D eigenvalue weighted by atomic mass is 9.88. The van der Waals surface area contributed by atoms with E-state index in [1.807, 2.05) is 6.07 Å². The minimum absolute atomic E-state index is 0.00178. The number of H-pyrrole nitrogens is 1. The molecule has 0 aliphatic carbocycles. The van der Waals surface area contributed by atoms with E-state index in [0.717, 1.165) is 5.56 Å². The number of benzene rings is 2. The van der Waals surface area contributed by atoms with E-state index in [0.29, 0.717) is 40.7 Å². The standard InChI is InChI=1S/C23H22ClN3O5S/c1-12(28)26-9-8-13-10-17(31-2)18(32-3)11-16(13)20(26)19-21(29)25-23(33)27(22(19)30)15-6-4-14(24)5-7-15/h4-7,10-11,20,30H,8-9H2,1-3H3,(H,25,29,33)/t20-/m0/s1. The summed E-state index contributed by atoms with van der Waals surface area (Å²) < 4.78 is 12.2. The maximum absolute atomic E-state index is 13.1. The molecule has 0 unspecified atom stereocenters. The van der Waals surface area contributed by atoms with E-state index in [2.05, 4.69) is 4.98 Å². The quantitative estimate of drug-likeness (QED) is 0.544. The van der Waals surface area contributed by atoms with Crippen molar-refractivity contribution in [2.75, 3.05) is 20.8 Å². The Labute approximate surface area is 200 Å². The van der Waals surface area contributed by atoms with Crippen molar-refractivity contribution < 1.29 is 19.4 Å². The van der Waals surface area contributed by atoms with Gasteiger partial charge in [-0.3, -0.25) is 19.1 Å². The van der Waals surface area contributed by atoms with Gasteiger partial charge in [0.1, 0.15) is 5.56 Å². The van der Waals surface area contributed by atoms with Crippen LogP contribution in [0.5, 0.6) is 17.4 Å². The van der Waals surface area contributed by atoms with Crippen LogP contribution in [0.3, 0.4) is 0 Å². The number of halogens is 1. The first kappa shape index (κ1) is 22.9. The number of aromatic nitrogens is 2. The third-order valence-electron chi connectivity index (χ3n) is 5.76. The Hall–Kier alpha value is -3.30. The third-order valence-corrected chi connectivity index (χ3v) is 6.29. The largest absolute Gasteiger partial charge is 0.494 e. The summed E-state index contributed by atoms with van der Waals surface area (Å²) >= 11 is 11.3. The summed E-state index contributed by atoms with van der Waals surface area (Å²) in [5.74, 6) is 0.402. The molecular weight excluding hydrogens is 466 g/mol. The van der Waals surface area contributed by atoms with E-state index in [1.54, 1.807) is 42.3 Å². The molecule has 33 heavy (non-hydrogen) atoms. The smallest absolute Gasteiger partial charge is 0.261 e. The van der Waals surface area contributed by atoms with Gasteiger partial charge in [-0.25, -0.2) is 0 Å². The number of fused-ring (bicyclic) bond motifs is 1. The Morgan fingerprint density at radius 3 is 2.42 bits per heavy atom. The topological polar surface area (TPSA) is 96.8 Å². The molecule has 0 saturated heterocycles. The number of hydrogen-bond donors (Lipinski definition) is 2. The molecule has 3 aromatic rings. The predicted octanol–water partition coefficient (Wildman–Crippen LogP) is 3.77. The van der Waals surface area contributed by atoms with Crippen molar-refractivity contribution in [2.45, 2.75) is 19.4 Å². The molecule has 1 atom stereocenters. The molecule has 0 saturated carbocycles. The lowest BCUT2D eigenvalue weighted by molar-refractivity contribution is -0.130. The van der Waals surface area contributed by atoms with Crippen LogP contribution >= 0.6 is 23.8 Å². The number of methoxy groups -OCH3 is 2. The first-order valence-corrected chi connectivity index (χ1v) is 10.9. The maximum atomic E-state index is 13.1. The van der Waals surface area contributed by atoms with Crippen LogP contribution < -0.4 is 15.0 Å². The second kappa shape index (κ2) is 8.92. The van der Waals surface area contributed by atoms with Crippen LogP contribution in [0.15, 0.2) is 41.2 Å². The number of amides is 1. The van der Waals surface area contributed by atoms with Crippen LogP contribution in [0.25, 0.3) is 5.69 Å². The van der Waals surface area contributed by atoms with Crippen LogP contribution in [0.1, 0.15) is 29.7 Å². The van der Waals surface area contributed by atoms with E-state index in [-0.39, 0.29) is 22.1 Å². The molecule has 1 aromatic heterocycles. The Morgan fingerprint density at radius 1 is 1.18 bits per heavy atom. The van der Waals surface area contributed by atoms with Crippen LogP contribution in [0.4, 0.5) is 0 Å². The average Bonchev–Trinajstić information content (AvgIpc) is 2.78. The molecule has 4 rings (SSSR count). The van der Waals surface area contributed by atoms with Crippen molar-refractivity contribution in [2.24, 2.45) is 0 Å². The monoisotopic (exact) mass is 487 g/mol. The predicted molar refractivity (Wildman–Crippen MR) is 126 cm³/mol. The van der Waals surface area contributed by atoms with Gasteiger partial charge in [-0.1, -0.05) is 11.6 Å². The summed E-state index contributed by atoms with van der Waals surface area (Å²) in [5.41, 5.74) is 1.48. The molecule has 2 heterocycles. The summed E-state index contributed by atoms with van der Waals surface area (Å²) in [5, 5.41) is 11.8. The molecule has 2 N–H and O–H groups in total. The molecule has 1 aliphatic rings. The van der Waals surface area contributed by atoms with Gasteiger partial charge in [0.15, 0.2) is 16.3 Å². The van der Waals surface area contributed by atoms with Gasteiger partial charge < -0.3 is 19.5 Å². The number of nitrogens with one attached hydrogen (secondary N) is 1. The fraction of sp³-hybridized carbons (Fsp3) is 0.261. The molecule has 1 aliphatic heterocycles. The Kier molecular flexibility index (Phi) is 6.18. The van der Waals surface area contributed by atoms with E-state index in [1.165, 1.54) is 18.6 Å². The van der Waals surface area contributed by atoms with Crippen molar-refractivity contribution in [1.82, 2.24) is 14.5 Å². The zero-order valence-electron chi connectivity index (χ0n) is 18.2. The summed E-state index contributed by atoms with van der Waals surface area (Å²) in [6, 6.07) is 9.36. The fourth-order valence-corrected chi connectivity index (χ4v) is 4.62. The van der Waals surface area contributed by atoms with Gasteiger partial charge in [0.2, 0.25) is 11.8 Å². The van der Waals surface area contributed by atoms with Gasteiger partial charge in [-0.05, 0) is 66.2 Å². The summed E-state index contributed by atoms with van der Waals surface area (Å²) in [7, 11) is 3.05. The number of nitrogens with zero attached hydrogens (tertiary/aromatic N) is 2. The lowest BCUT2D eigenvalue weighted by Crippen LogP contribution is -2.42. The molecule has 1 amide bonds. The Morgan fingerprint density at radius 2 is 1.82 bits per heavy atom. The lowest BCUT2D eigenvalue weighted by Gasteiger charge is -2.37.